The van der Waals surface area contributed by atoms with Crippen LogP contribution in [0.2, 0.25) is 0 Å². The van der Waals surface area contributed by atoms with E-state index in [0.29, 0.717) is 5.56 Å². The predicted octanol–water partition coefficient (Wildman–Crippen LogP) is 1.18. The van der Waals surface area contributed by atoms with Crippen molar-refractivity contribution in [2.45, 2.75) is 9.37 Å². The SMILES string of the molecule is NC(=NO)c1ccnc(Sc2ncns2)c1. The fourth-order valence-electron chi connectivity index (χ4n) is 0.980. The molecule has 0 saturated carbocycles. The molecule has 82 valence electrons. The zero-order valence-electron chi connectivity index (χ0n) is 7.94. The molecule has 6 nitrogen and oxygen atoms in total. The molecule has 0 atom stereocenters. The van der Waals surface area contributed by atoms with Gasteiger partial charge in [0.25, 0.3) is 0 Å². The average molecular weight is 253 g/mol. The van der Waals surface area contributed by atoms with Crippen molar-refractivity contribution in [3.05, 3.63) is 30.2 Å². The summed E-state index contributed by atoms with van der Waals surface area (Å²) in [6.07, 6.45) is 3.08. The third-order valence-corrected chi connectivity index (χ3v) is 3.32. The van der Waals surface area contributed by atoms with Crippen LogP contribution in [0.25, 0.3) is 0 Å². The summed E-state index contributed by atoms with van der Waals surface area (Å²) in [7, 11) is 0. The van der Waals surface area contributed by atoms with Crippen molar-refractivity contribution in [3.63, 3.8) is 0 Å². The summed E-state index contributed by atoms with van der Waals surface area (Å²) < 4.78 is 4.68. The van der Waals surface area contributed by atoms with Crippen LogP contribution in [-0.2, 0) is 0 Å². The molecule has 0 aliphatic rings. The van der Waals surface area contributed by atoms with Crippen LogP contribution in [0.4, 0.5) is 0 Å². The number of hydrogen-bond acceptors (Lipinski definition) is 7. The van der Waals surface area contributed by atoms with Crippen LogP contribution in [0.1, 0.15) is 5.56 Å². The number of hydrogen-bond donors (Lipinski definition) is 2. The van der Waals surface area contributed by atoms with Crippen LogP contribution in [0.3, 0.4) is 0 Å². The van der Waals surface area contributed by atoms with Gasteiger partial charge in [0.15, 0.2) is 10.2 Å². The van der Waals surface area contributed by atoms with E-state index in [1.165, 1.54) is 29.6 Å². The number of pyridine rings is 1. The lowest BCUT2D eigenvalue weighted by molar-refractivity contribution is 0.318. The third kappa shape index (κ3) is 2.47. The van der Waals surface area contributed by atoms with E-state index in [-0.39, 0.29) is 5.84 Å². The third-order valence-electron chi connectivity index (χ3n) is 1.67. The quantitative estimate of drug-likeness (QED) is 0.369. The second-order valence-electron chi connectivity index (χ2n) is 2.68. The summed E-state index contributed by atoms with van der Waals surface area (Å²) in [5.41, 5.74) is 6.09. The first kappa shape index (κ1) is 10.8. The zero-order valence-corrected chi connectivity index (χ0v) is 9.57. The molecule has 0 aromatic carbocycles. The molecule has 0 bridgehead atoms. The van der Waals surface area contributed by atoms with Crippen molar-refractivity contribution in [2.75, 3.05) is 0 Å². The number of amidine groups is 1. The maximum absolute atomic E-state index is 8.55. The summed E-state index contributed by atoms with van der Waals surface area (Å²) >= 11 is 2.67. The molecule has 2 heterocycles. The van der Waals surface area contributed by atoms with Crippen LogP contribution in [0.5, 0.6) is 0 Å². The predicted molar refractivity (Wildman–Crippen MR) is 60.8 cm³/mol. The number of rotatable bonds is 3. The van der Waals surface area contributed by atoms with Gasteiger partial charge >= 0.3 is 0 Å². The first-order valence-electron chi connectivity index (χ1n) is 4.18. The maximum atomic E-state index is 8.55. The van der Waals surface area contributed by atoms with Crippen molar-refractivity contribution in [1.82, 2.24) is 14.3 Å². The molecule has 2 aromatic heterocycles. The van der Waals surface area contributed by atoms with Gasteiger partial charge in [0.2, 0.25) is 0 Å². The van der Waals surface area contributed by atoms with Crippen LogP contribution >= 0.6 is 23.3 Å². The molecule has 0 fully saturated rings. The Morgan fingerprint density at radius 1 is 1.50 bits per heavy atom. The van der Waals surface area contributed by atoms with Crippen LogP contribution in [0.15, 0.2) is 39.2 Å². The normalized spacial score (nSPS) is 11.6. The standard InChI is InChI=1S/C8H7N5OS2/c9-7(13-14)5-1-2-10-6(3-5)15-8-11-4-12-16-8/h1-4,14H,(H2,9,13). The second-order valence-corrected chi connectivity index (χ2v) is 4.72. The minimum atomic E-state index is 0.0570. The highest BCUT2D eigenvalue weighted by Gasteiger charge is 2.05. The largest absolute Gasteiger partial charge is 0.409 e. The highest BCUT2D eigenvalue weighted by molar-refractivity contribution is 8.00. The summed E-state index contributed by atoms with van der Waals surface area (Å²) in [5.74, 6) is 0.0570. The summed E-state index contributed by atoms with van der Waals surface area (Å²) in [6, 6.07) is 3.39. The molecule has 0 aliphatic carbocycles. The molecule has 0 saturated heterocycles. The Morgan fingerprint density at radius 3 is 3.06 bits per heavy atom. The lowest BCUT2D eigenvalue weighted by atomic mass is 10.2. The van der Waals surface area contributed by atoms with E-state index in [0.717, 1.165) is 9.37 Å². The Morgan fingerprint density at radius 2 is 2.38 bits per heavy atom. The molecule has 0 aliphatic heterocycles. The Bertz CT molecular complexity index is 499. The molecule has 8 heteroatoms. The molecule has 2 aromatic rings. The second kappa shape index (κ2) is 4.90. The van der Waals surface area contributed by atoms with Crippen molar-refractivity contribution in [1.29, 1.82) is 0 Å². The molecule has 16 heavy (non-hydrogen) atoms. The van der Waals surface area contributed by atoms with Gasteiger partial charge in [-0.05, 0) is 35.4 Å². The first-order chi connectivity index (χ1) is 7.79. The molecule has 0 radical (unpaired) electrons. The Hall–Kier alpha value is -1.67. The molecule has 0 amide bonds. The maximum Gasteiger partial charge on any atom is 0.175 e. The molecular weight excluding hydrogens is 246 g/mol. The summed E-state index contributed by atoms with van der Waals surface area (Å²) in [4.78, 5) is 8.17. The number of aromatic nitrogens is 3. The van der Waals surface area contributed by atoms with E-state index < -0.39 is 0 Å². The van der Waals surface area contributed by atoms with Crippen LogP contribution in [-0.4, -0.2) is 25.4 Å². The van der Waals surface area contributed by atoms with E-state index in [1.807, 2.05) is 0 Å². The number of nitrogens with two attached hydrogens (primary N) is 1. The fraction of sp³-hybridized carbons (Fsp3) is 0. The van der Waals surface area contributed by atoms with Gasteiger partial charge in [-0.1, -0.05) is 5.16 Å². The highest BCUT2D eigenvalue weighted by Crippen LogP contribution is 2.26. The van der Waals surface area contributed by atoms with Gasteiger partial charge in [0, 0.05) is 11.8 Å². The lowest BCUT2D eigenvalue weighted by Crippen LogP contribution is -2.13. The average Bonchev–Trinajstić information content (AvgIpc) is 2.81. The molecule has 0 unspecified atom stereocenters. The fourth-order valence-corrected chi connectivity index (χ4v) is 2.37. The van der Waals surface area contributed by atoms with E-state index in [4.69, 9.17) is 10.9 Å². The Kier molecular flexibility index (Phi) is 3.32. The number of nitrogens with zero attached hydrogens (tertiary/aromatic N) is 4. The van der Waals surface area contributed by atoms with Gasteiger partial charge in [-0.15, -0.1) is 0 Å². The lowest BCUT2D eigenvalue weighted by Gasteiger charge is -2.00. The molecule has 0 spiro atoms. The first-order valence-corrected chi connectivity index (χ1v) is 5.77. The minimum Gasteiger partial charge on any atom is -0.409 e. The topological polar surface area (TPSA) is 97.3 Å². The van der Waals surface area contributed by atoms with Crippen molar-refractivity contribution in [3.8, 4) is 0 Å². The minimum absolute atomic E-state index is 0.0570. The monoisotopic (exact) mass is 253 g/mol. The van der Waals surface area contributed by atoms with Gasteiger partial charge in [0.05, 0.1) is 0 Å². The molecule has 3 N–H and O–H groups in total. The number of oxime groups is 1. The van der Waals surface area contributed by atoms with Gasteiger partial charge < -0.3 is 10.9 Å². The van der Waals surface area contributed by atoms with E-state index in [2.05, 4.69) is 19.5 Å². The highest BCUT2D eigenvalue weighted by atomic mass is 32.2. The van der Waals surface area contributed by atoms with Gasteiger partial charge in [-0.25, -0.2) is 9.97 Å². The van der Waals surface area contributed by atoms with Crippen molar-refractivity contribution >= 4 is 29.1 Å². The van der Waals surface area contributed by atoms with Crippen LogP contribution < -0.4 is 5.73 Å². The Labute approximate surface area is 99.4 Å². The van der Waals surface area contributed by atoms with E-state index >= 15 is 0 Å². The van der Waals surface area contributed by atoms with Crippen molar-refractivity contribution in [2.24, 2.45) is 10.9 Å². The van der Waals surface area contributed by atoms with Gasteiger partial charge in [0.1, 0.15) is 11.4 Å². The smallest absolute Gasteiger partial charge is 0.175 e. The zero-order chi connectivity index (χ0) is 11.4. The summed E-state index contributed by atoms with van der Waals surface area (Å²) in [6.45, 7) is 0. The van der Waals surface area contributed by atoms with Crippen molar-refractivity contribution < 1.29 is 5.21 Å². The van der Waals surface area contributed by atoms with Gasteiger partial charge in [-0.3, -0.25) is 0 Å². The Balaban J connectivity index is 2.23. The molecule has 2 rings (SSSR count). The van der Waals surface area contributed by atoms with Crippen LogP contribution in [0, 0.1) is 0 Å². The van der Waals surface area contributed by atoms with Gasteiger partial charge in [-0.2, -0.15) is 4.37 Å². The van der Waals surface area contributed by atoms with E-state index in [1.54, 1.807) is 18.3 Å². The molecular formula is C8H7N5OS2. The summed E-state index contributed by atoms with van der Waals surface area (Å²) in [5, 5.41) is 12.2. The van der Waals surface area contributed by atoms with E-state index in [9.17, 15) is 0 Å².